The summed E-state index contributed by atoms with van der Waals surface area (Å²) in [4.78, 5) is 16.6. The first-order chi connectivity index (χ1) is 16.8. The van der Waals surface area contributed by atoms with E-state index in [1.165, 1.54) is 5.56 Å². The number of hydrogen-bond donors (Lipinski definition) is 1. The summed E-state index contributed by atoms with van der Waals surface area (Å²) in [7, 11) is 0. The number of benzene rings is 1. The normalized spacial score (nSPS) is 14.0. The highest BCUT2D eigenvalue weighted by Gasteiger charge is 2.13. The molecular formula is C31H40N2O. The van der Waals surface area contributed by atoms with E-state index >= 15 is 0 Å². The van der Waals surface area contributed by atoms with Crippen molar-refractivity contribution < 1.29 is 4.79 Å². The van der Waals surface area contributed by atoms with Crippen LogP contribution in [0.1, 0.15) is 63.9 Å². The van der Waals surface area contributed by atoms with Crippen LogP contribution in [0.4, 0.5) is 5.69 Å². The molecule has 0 aliphatic carbocycles. The Morgan fingerprint density at radius 1 is 0.794 bits per heavy atom. The SMILES string of the molecule is CC/C=C\C/C=C\C/C=C\C/C=C\C/C=C\C/C=C\CCC(=O)NCC1=Nc2ccccc2C1. The molecule has 1 amide bonds. The fourth-order valence-corrected chi connectivity index (χ4v) is 3.44. The molecular weight excluding hydrogens is 416 g/mol. The molecule has 1 aromatic rings. The van der Waals surface area contributed by atoms with Crippen molar-refractivity contribution in [1.82, 2.24) is 5.32 Å². The van der Waals surface area contributed by atoms with Gasteiger partial charge in [-0.2, -0.15) is 0 Å². The van der Waals surface area contributed by atoms with Gasteiger partial charge >= 0.3 is 0 Å². The summed E-state index contributed by atoms with van der Waals surface area (Å²) in [5, 5.41) is 2.98. The Morgan fingerprint density at radius 3 is 1.88 bits per heavy atom. The maximum Gasteiger partial charge on any atom is 0.220 e. The molecule has 1 aromatic carbocycles. The number of aliphatic imine (C=N–C) groups is 1. The molecule has 1 heterocycles. The summed E-state index contributed by atoms with van der Waals surface area (Å²) in [6.07, 6.45) is 34.4. The summed E-state index contributed by atoms with van der Waals surface area (Å²) in [5.41, 5.74) is 3.30. The number of nitrogens with zero attached hydrogens (tertiary/aromatic N) is 1. The number of fused-ring (bicyclic) bond motifs is 1. The highest BCUT2D eigenvalue weighted by molar-refractivity contribution is 5.97. The molecule has 34 heavy (non-hydrogen) atoms. The Kier molecular flexibility index (Phi) is 14.5. The molecule has 0 radical (unpaired) electrons. The quantitative estimate of drug-likeness (QED) is 0.252. The van der Waals surface area contributed by atoms with Crippen LogP contribution in [0.15, 0.2) is 102 Å². The average Bonchev–Trinajstić information content (AvgIpc) is 3.27. The van der Waals surface area contributed by atoms with Crippen molar-refractivity contribution in [2.45, 2.75) is 64.7 Å². The standard InChI is InChI=1S/C31H40N2O/c1-2-3-4-5-6-7-8-9-10-11-12-13-14-15-16-17-18-19-20-25-31(34)32-27-29-26-28-23-21-22-24-30(28)33-29/h3-4,6-7,9-10,12-13,15-16,18-19,21-24H,2,5,8,11,14,17,20,25-27H2,1H3,(H,32,34)/b4-3-,7-6-,10-9-,13-12-,16-15-,19-18-. The minimum Gasteiger partial charge on any atom is -0.351 e. The van der Waals surface area contributed by atoms with Crippen LogP contribution in [0.5, 0.6) is 0 Å². The van der Waals surface area contributed by atoms with E-state index in [1.807, 2.05) is 18.2 Å². The summed E-state index contributed by atoms with van der Waals surface area (Å²) >= 11 is 0. The number of allylic oxidation sites excluding steroid dienone is 12. The Bertz CT molecular complexity index is 929. The van der Waals surface area contributed by atoms with E-state index in [0.29, 0.717) is 13.0 Å². The highest BCUT2D eigenvalue weighted by Crippen LogP contribution is 2.25. The van der Waals surface area contributed by atoms with E-state index in [-0.39, 0.29) is 5.91 Å². The fourth-order valence-electron chi connectivity index (χ4n) is 3.44. The van der Waals surface area contributed by atoms with Gasteiger partial charge in [0.2, 0.25) is 5.91 Å². The first kappa shape index (κ1) is 27.0. The van der Waals surface area contributed by atoms with Crippen molar-refractivity contribution in [3.8, 4) is 0 Å². The molecule has 3 heteroatoms. The first-order valence-corrected chi connectivity index (χ1v) is 12.6. The van der Waals surface area contributed by atoms with Crippen molar-refractivity contribution >= 4 is 17.3 Å². The van der Waals surface area contributed by atoms with Crippen LogP contribution in [0, 0.1) is 0 Å². The van der Waals surface area contributed by atoms with E-state index in [4.69, 9.17) is 0 Å². The lowest BCUT2D eigenvalue weighted by Gasteiger charge is -2.03. The van der Waals surface area contributed by atoms with Gasteiger partial charge in [-0.15, -0.1) is 0 Å². The molecule has 3 nitrogen and oxygen atoms in total. The Balaban J connectivity index is 1.43. The largest absolute Gasteiger partial charge is 0.351 e. The molecule has 1 N–H and O–H groups in total. The lowest BCUT2D eigenvalue weighted by Crippen LogP contribution is -2.29. The van der Waals surface area contributed by atoms with Gasteiger partial charge in [0, 0.05) is 18.6 Å². The second-order valence-corrected chi connectivity index (χ2v) is 8.21. The Hall–Kier alpha value is -3.20. The van der Waals surface area contributed by atoms with Crippen molar-refractivity contribution in [2.24, 2.45) is 4.99 Å². The van der Waals surface area contributed by atoms with Gasteiger partial charge in [0.05, 0.1) is 12.2 Å². The molecule has 180 valence electrons. The third-order valence-electron chi connectivity index (χ3n) is 5.29. The third-order valence-corrected chi connectivity index (χ3v) is 5.29. The van der Waals surface area contributed by atoms with Crippen molar-refractivity contribution in [3.63, 3.8) is 0 Å². The summed E-state index contributed by atoms with van der Waals surface area (Å²) in [6.45, 7) is 2.69. The highest BCUT2D eigenvalue weighted by atomic mass is 16.1. The molecule has 0 saturated carbocycles. The van der Waals surface area contributed by atoms with E-state index in [9.17, 15) is 4.79 Å². The van der Waals surface area contributed by atoms with E-state index < -0.39 is 0 Å². The number of hydrogen-bond acceptors (Lipinski definition) is 2. The molecule has 0 spiro atoms. The number of carbonyl (C=O) groups is 1. The van der Waals surface area contributed by atoms with E-state index in [2.05, 4.69) is 96.2 Å². The van der Waals surface area contributed by atoms with Crippen molar-refractivity contribution in [1.29, 1.82) is 0 Å². The zero-order valence-electron chi connectivity index (χ0n) is 20.7. The van der Waals surface area contributed by atoms with Crippen LogP contribution in [0.2, 0.25) is 0 Å². The van der Waals surface area contributed by atoms with Gasteiger partial charge < -0.3 is 5.32 Å². The van der Waals surface area contributed by atoms with Crippen LogP contribution in [0.25, 0.3) is 0 Å². The van der Waals surface area contributed by atoms with Crippen molar-refractivity contribution in [2.75, 3.05) is 6.54 Å². The molecule has 0 atom stereocenters. The number of rotatable bonds is 16. The minimum atomic E-state index is 0.0817. The topological polar surface area (TPSA) is 41.5 Å². The van der Waals surface area contributed by atoms with Crippen molar-refractivity contribution in [3.05, 3.63) is 103 Å². The van der Waals surface area contributed by atoms with Gasteiger partial charge in [-0.3, -0.25) is 9.79 Å². The van der Waals surface area contributed by atoms with Gasteiger partial charge in [-0.25, -0.2) is 0 Å². The van der Waals surface area contributed by atoms with E-state index in [1.54, 1.807) is 0 Å². The lowest BCUT2D eigenvalue weighted by molar-refractivity contribution is -0.120. The predicted molar refractivity (Wildman–Crippen MR) is 148 cm³/mol. The molecule has 0 bridgehead atoms. The number of carbonyl (C=O) groups excluding carboxylic acids is 1. The maximum atomic E-state index is 12.0. The number of nitrogens with one attached hydrogen (secondary N) is 1. The van der Waals surface area contributed by atoms with Gasteiger partial charge in [-0.05, 0) is 56.6 Å². The fraction of sp³-hybridized carbons (Fsp3) is 0.355. The number of amides is 1. The first-order valence-electron chi connectivity index (χ1n) is 12.6. The summed E-state index contributed by atoms with van der Waals surface area (Å²) in [6, 6.07) is 8.14. The molecule has 1 aliphatic rings. The smallest absolute Gasteiger partial charge is 0.220 e. The minimum absolute atomic E-state index is 0.0817. The second-order valence-electron chi connectivity index (χ2n) is 8.21. The molecule has 1 aliphatic heterocycles. The zero-order chi connectivity index (χ0) is 24.1. The van der Waals surface area contributed by atoms with Crippen LogP contribution in [-0.4, -0.2) is 18.2 Å². The summed E-state index contributed by atoms with van der Waals surface area (Å²) in [5.74, 6) is 0.0817. The Morgan fingerprint density at radius 2 is 1.32 bits per heavy atom. The molecule has 2 rings (SSSR count). The lowest BCUT2D eigenvalue weighted by atomic mass is 10.1. The molecule has 0 aromatic heterocycles. The van der Waals surface area contributed by atoms with Crippen LogP contribution in [0.3, 0.4) is 0 Å². The predicted octanol–water partition coefficient (Wildman–Crippen LogP) is 7.91. The van der Waals surface area contributed by atoms with Gasteiger partial charge in [-0.1, -0.05) is 98.0 Å². The molecule has 0 unspecified atom stereocenters. The zero-order valence-corrected chi connectivity index (χ0v) is 20.7. The van der Waals surface area contributed by atoms with Gasteiger partial charge in [0.1, 0.15) is 0 Å². The second kappa shape index (κ2) is 18.3. The monoisotopic (exact) mass is 456 g/mol. The summed E-state index contributed by atoms with van der Waals surface area (Å²) < 4.78 is 0. The maximum absolute atomic E-state index is 12.0. The van der Waals surface area contributed by atoms with Crippen LogP contribution >= 0.6 is 0 Å². The molecule has 0 saturated heterocycles. The van der Waals surface area contributed by atoms with Gasteiger partial charge in [0.15, 0.2) is 0 Å². The number of para-hydroxylation sites is 1. The van der Waals surface area contributed by atoms with E-state index in [0.717, 1.165) is 62.8 Å². The Labute approximate surface area is 206 Å². The molecule has 0 fully saturated rings. The third kappa shape index (κ3) is 12.7. The average molecular weight is 457 g/mol. The van der Waals surface area contributed by atoms with Crippen LogP contribution < -0.4 is 5.32 Å². The van der Waals surface area contributed by atoms with Gasteiger partial charge in [0.25, 0.3) is 0 Å². The van der Waals surface area contributed by atoms with Crippen LogP contribution in [-0.2, 0) is 11.2 Å².